The normalized spacial score (nSPS) is 14.2. The fraction of sp³-hybridized carbons (Fsp3) is 0.185. The van der Waals surface area contributed by atoms with Crippen LogP contribution in [0.5, 0.6) is 5.75 Å². The summed E-state index contributed by atoms with van der Waals surface area (Å²) in [4.78, 5) is 19.0. The summed E-state index contributed by atoms with van der Waals surface area (Å²) in [6, 6.07) is 21.3. The molecule has 0 saturated heterocycles. The van der Waals surface area contributed by atoms with Gasteiger partial charge in [-0.2, -0.15) is 0 Å². The molecule has 3 aromatic carbocycles. The monoisotopic (exact) mass is 423 g/mol. The van der Waals surface area contributed by atoms with Gasteiger partial charge in [-0.05, 0) is 75.7 Å². The molecule has 5 rings (SSSR count). The number of carbonyl (C=O) groups is 1. The van der Waals surface area contributed by atoms with E-state index in [1.807, 2.05) is 29.2 Å². The lowest BCUT2D eigenvalue weighted by atomic mass is 9.89. The van der Waals surface area contributed by atoms with Gasteiger partial charge in [-0.25, -0.2) is 0 Å². The first-order valence-corrected chi connectivity index (χ1v) is 10.9. The van der Waals surface area contributed by atoms with Gasteiger partial charge >= 0.3 is 0 Å². The van der Waals surface area contributed by atoms with E-state index in [-0.39, 0.29) is 11.7 Å². The van der Waals surface area contributed by atoms with Crippen LogP contribution < -0.4 is 5.73 Å². The SMILES string of the molecule is N[C@H](Cc1cccnc1)C(=O)N1CCc2c(cccc2-c2ccc3cc(O)ccc3c2)C1. The molecule has 0 unspecified atom stereocenters. The fourth-order valence-corrected chi connectivity index (χ4v) is 4.56. The van der Waals surface area contributed by atoms with Crippen molar-refractivity contribution >= 4 is 16.7 Å². The number of amides is 1. The molecule has 1 aromatic heterocycles. The van der Waals surface area contributed by atoms with E-state index < -0.39 is 6.04 Å². The molecule has 0 aliphatic carbocycles. The van der Waals surface area contributed by atoms with E-state index in [1.165, 1.54) is 16.7 Å². The molecule has 0 bridgehead atoms. The summed E-state index contributed by atoms with van der Waals surface area (Å²) < 4.78 is 0. The van der Waals surface area contributed by atoms with E-state index >= 15 is 0 Å². The molecule has 5 heteroatoms. The van der Waals surface area contributed by atoms with Gasteiger partial charge in [0.25, 0.3) is 0 Å². The van der Waals surface area contributed by atoms with Crippen molar-refractivity contribution in [1.82, 2.24) is 9.88 Å². The predicted molar refractivity (Wildman–Crippen MR) is 126 cm³/mol. The number of nitrogens with two attached hydrogens (primary N) is 1. The summed E-state index contributed by atoms with van der Waals surface area (Å²) in [6.45, 7) is 1.23. The molecule has 4 aromatic rings. The van der Waals surface area contributed by atoms with E-state index in [0.29, 0.717) is 19.5 Å². The van der Waals surface area contributed by atoms with Crippen LogP contribution in [0.2, 0.25) is 0 Å². The maximum atomic E-state index is 13.0. The number of benzene rings is 3. The van der Waals surface area contributed by atoms with Crippen molar-refractivity contribution in [3.8, 4) is 16.9 Å². The van der Waals surface area contributed by atoms with Gasteiger partial charge in [-0.3, -0.25) is 9.78 Å². The van der Waals surface area contributed by atoms with Gasteiger partial charge in [0.05, 0.1) is 6.04 Å². The number of rotatable bonds is 4. The fourth-order valence-electron chi connectivity index (χ4n) is 4.56. The zero-order valence-electron chi connectivity index (χ0n) is 17.7. The number of hydrogen-bond acceptors (Lipinski definition) is 4. The maximum absolute atomic E-state index is 13.0. The second-order valence-corrected chi connectivity index (χ2v) is 8.37. The number of phenols is 1. The molecule has 0 fully saturated rings. The summed E-state index contributed by atoms with van der Waals surface area (Å²) in [6.07, 6.45) is 4.76. The largest absolute Gasteiger partial charge is 0.508 e. The molecule has 3 N–H and O–H groups in total. The smallest absolute Gasteiger partial charge is 0.240 e. The van der Waals surface area contributed by atoms with Crippen molar-refractivity contribution < 1.29 is 9.90 Å². The van der Waals surface area contributed by atoms with Gasteiger partial charge in [-0.15, -0.1) is 0 Å². The molecule has 32 heavy (non-hydrogen) atoms. The molecule has 1 aliphatic heterocycles. The van der Waals surface area contributed by atoms with E-state index in [1.54, 1.807) is 24.5 Å². The highest BCUT2D eigenvalue weighted by Crippen LogP contribution is 2.33. The average molecular weight is 424 g/mol. The number of aromatic nitrogens is 1. The highest BCUT2D eigenvalue weighted by Gasteiger charge is 2.26. The molecule has 0 radical (unpaired) electrons. The lowest BCUT2D eigenvalue weighted by Crippen LogP contribution is -2.46. The molecule has 0 saturated carbocycles. The molecular formula is C27H25N3O2. The van der Waals surface area contributed by atoms with Crippen LogP contribution in [0.3, 0.4) is 0 Å². The minimum absolute atomic E-state index is 0.0181. The first kappa shape index (κ1) is 20.2. The number of aromatic hydroxyl groups is 1. The molecule has 0 spiro atoms. The molecule has 2 heterocycles. The lowest BCUT2D eigenvalue weighted by Gasteiger charge is -2.32. The standard InChI is InChI=1S/C27H25N3O2/c28-26(13-18-3-2-11-29-16-18)27(32)30-12-10-25-22(17-30)4-1-5-24(25)21-7-6-20-15-23(31)9-8-19(20)14-21/h1-9,11,14-16,26,31H,10,12-13,17,28H2/t26-/m1/s1. The number of fused-ring (bicyclic) bond motifs is 2. The van der Waals surface area contributed by atoms with Gasteiger partial charge in [0.15, 0.2) is 0 Å². The maximum Gasteiger partial charge on any atom is 0.240 e. The Morgan fingerprint density at radius 1 is 1.06 bits per heavy atom. The number of nitrogens with zero attached hydrogens (tertiary/aromatic N) is 2. The van der Waals surface area contributed by atoms with Crippen LogP contribution in [-0.4, -0.2) is 33.5 Å². The van der Waals surface area contributed by atoms with Crippen LogP contribution >= 0.6 is 0 Å². The highest BCUT2D eigenvalue weighted by atomic mass is 16.3. The van der Waals surface area contributed by atoms with Crippen molar-refractivity contribution in [1.29, 1.82) is 0 Å². The Morgan fingerprint density at radius 3 is 2.75 bits per heavy atom. The minimum Gasteiger partial charge on any atom is -0.508 e. The van der Waals surface area contributed by atoms with Crippen LogP contribution in [0, 0.1) is 0 Å². The number of phenolic OH excluding ortho intramolecular Hbond substituents is 1. The summed E-state index contributed by atoms with van der Waals surface area (Å²) in [5.74, 6) is 0.254. The van der Waals surface area contributed by atoms with Crippen LogP contribution in [0.1, 0.15) is 16.7 Å². The highest BCUT2D eigenvalue weighted by molar-refractivity contribution is 5.89. The third-order valence-corrected chi connectivity index (χ3v) is 6.21. The first-order chi connectivity index (χ1) is 15.6. The topological polar surface area (TPSA) is 79.5 Å². The third-order valence-electron chi connectivity index (χ3n) is 6.21. The van der Waals surface area contributed by atoms with Gasteiger partial charge in [0, 0.05) is 25.5 Å². The summed E-state index contributed by atoms with van der Waals surface area (Å²) in [5, 5.41) is 11.8. The van der Waals surface area contributed by atoms with Gasteiger partial charge < -0.3 is 15.7 Å². The number of pyridine rings is 1. The van der Waals surface area contributed by atoms with Crippen molar-refractivity contribution in [2.75, 3.05) is 6.54 Å². The molecule has 1 amide bonds. The summed E-state index contributed by atoms with van der Waals surface area (Å²) in [7, 11) is 0. The molecule has 160 valence electrons. The third kappa shape index (κ3) is 3.95. The van der Waals surface area contributed by atoms with E-state index in [0.717, 1.165) is 28.3 Å². The van der Waals surface area contributed by atoms with Crippen LogP contribution in [-0.2, 0) is 24.2 Å². The average Bonchev–Trinajstić information content (AvgIpc) is 2.83. The van der Waals surface area contributed by atoms with E-state index in [2.05, 4.69) is 35.3 Å². The van der Waals surface area contributed by atoms with E-state index in [4.69, 9.17) is 5.73 Å². The van der Waals surface area contributed by atoms with Crippen molar-refractivity contribution in [2.24, 2.45) is 5.73 Å². The Labute approximate surface area is 187 Å². The number of carbonyl (C=O) groups excluding carboxylic acids is 1. The Morgan fingerprint density at radius 2 is 1.91 bits per heavy atom. The lowest BCUT2D eigenvalue weighted by molar-refractivity contribution is -0.133. The van der Waals surface area contributed by atoms with Crippen LogP contribution in [0.4, 0.5) is 0 Å². The van der Waals surface area contributed by atoms with Crippen molar-refractivity contribution in [3.05, 3.63) is 95.8 Å². The molecular weight excluding hydrogens is 398 g/mol. The Bertz CT molecular complexity index is 1290. The summed E-state index contributed by atoms with van der Waals surface area (Å²) >= 11 is 0. The van der Waals surface area contributed by atoms with Gasteiger partial charge in [0.1, 0.15) is 5.75 Å². The predicted octanol–water partition coefficient (Wildman–Crippen LogP) is 4.06. The number of hydrogen-bond donors (Lipinski definition) is 2. The second kappa shape index (κ2) is 8.44. The quantitative estimate of drug-likeness (QED) is 0.519. The Kier molecular flexibility index (Phi) is 5.33. The van der Waals surface area contributed by atoms with Gasteiger partial charge in [0.2, 0.25) is 5.91 Å². The molecule has 1 aliphatic rings. The molecule has 5 nitrogen and oxygen atoms in total. The summed E-state index contributed by atoms with van der Waals surface area (Å²) in [5.41, 5.74) is 12.0. The molecule has 1 atom stereocenters. The Hall–Kier alpha value is -3.70. The van der Waals surface area contributed by atoms with Crippen LogP contribution in [0.25, 0.3) is 21.9 Å². The van der Waals surface area contributed by atoms with Crippen LogP contribution in [0.15, 0.2) is 79.1 Å². The van der Waals surface area contributed by atoms with Crippen molar-refractivity contribution in [2.45, 2.75) is 25.4 Å². The second-order valence-electron chi connectivity index (χ2n) is 8.37. The van der Waals surface area contributed by atoms with Gasteiger partial charge in [-0.1, -0.05) is 42.5 Å². The van der Waals surface area contributed by atoms with E-state index in [9.17, 15) is 9.90 Å². The zero-order chi connectivity index (χ0) is 22.1. The zero-order valence-corrected chi connectivity index (χ0v) is 17.7. The minimum atomic E-state index is -0.569. The van der Waals surface area contributed by atoms with Crippen molar-refractivity contribution in [3.63, 3.8) is 0 Å². The first-order valence-electron chi connectivity index (χ1n) is 10.9. The Balaban J connectivity index is 1.38.